The molecule has 0 bridgehead atoms. The number of hydrogen-bond donors (Lipinski definition) is 6. The topological polar surface area (TPSA) is 156 Å². The molecule has 0 fully saturated rings. The van der Waals surface area contributed by atoms with Crippen molar-refractivity contribution in [3.8, 4) is 0 Å². The van der Waals surface area contributed by atoms with Crippen molar-refractivity contribution in [1.29, 1.82) is 0 Å². The maximum atomic E-state index is 5.15. The molecule has 0 aliphatic carbocycles. The summed E-state index contributed by atoms with van der Waals surface area (Å²) in [6, 6.07) is 0. The Bertz CT molecular complexity index is 146. The van der Waals surface area contributed by atoms with Crippen LogP contribution in [0.1, 0.15) is 0 Å². The fourth-order valence-electron chi connectivity index (χ4n) is 0. The van der Waals surface area contributed by atoms with Gasteiger partial charge in [0.2, 0.25) is 0 Å². The van der Waals surface area contributed by atoms with Gasteiger partial charge in [-0.25, -0.2) is 0 Å². The van der Waals surface area contributed by atoms with E-state index in [2.05, 4.69) is 0 Å². The summed E-state index contributed by atoms with van der Waals surface area (Å²) in [4.78, 5) is 0. The minimum atomic E-state index is -7.26. The second-order valence-corrected chi connectivity index (χ2v) is 36.6. The zero-order chi connectivity index (χ0) is 8.35. The zero-order valence-electron chi connectivity index (χ0n) is 4.54. The van der Waals surface area contributed by atoms with Crippen molar-refractivity contribution in [2.75, 3.05) is 0 Å². The van der Waals surface area contributed by atoms with E-state index in [1.54, 1.807) is 0 Å². The molecule has 0 aromatic heterocycles. The van der Waals surface area contributed by atoms with Gasteiger partial charge in [0.15, 0.2) is 0 Å². The average Bonchev–Trinajstić information content (AvgIpc) is 0.503. The first-order valence-electron chi connectivity index (χ1n) is 1.33. The first-order valence-corrected chi connectivity index (χ1v) is 14.8. The molecule has 0 saturated carbocycles. The summed E-state index contributed by atoms with van der Waals surface area (Å²) in [6.45, 7) is 0. The van der Waals surface area contributed by atoms with Crippen LogP contribution in [0.5, 0.6) is 0 Å². The summed E-state index contributed by atoms with van der Waals surface area (Å²) >= 11 is 0. The normalized spacial score (nSPS) is 31.1. The van der Waals surface area contributed by atoms with E-state index in [1.165, 1.54) is 0 Å². The van der Waals surface area contributed by atoms with Gasteiger partial charge in [-0.2, -0.15) is 0 Å². The van der Waals surface area contributed by atoms with E-state index in [4.69, 9.17) is 44.6 Å². The van der Waals surface area contributed by atoms with Gasteiger partial charge in [-0.3, -0.25) is 0 Å². The molecule has 0 unspecified atom stereocenters. The molecule has 12 N–H and O–H groups in total. The second-order valence-electron chi connectivity index (χ2n) is 2.45. The molecular formula is H12Cl2N6Pt. The molecule has 0 atom stereocenters. The Hall–Kier alpha value is 1.03. The molecule has 9 heavy (non-hydrogen) atoms. The molecule has 0 heterocycles. The minimum absolute atomic E-state index is 4.91. The van der Waals surface area contributed by atoms with Crippen LogP contribution in [0.3, 0.4) is 0 Å². The summed E-state index contributed by atoms with van der Waals surface area (Å²) < 4.78 is 29.5. The van der Waals surface area contributed by atoms with Crippen LogP contribution >= 0.6 is 18.8 Å². The SMILES string of the molecule is [NH2][Pt]([NH2])([NH2])([NH2])([NH2])([NH2])([Cl])[Cl]. The van der Waals surface area contributed by atoms with Crippen LogP contribution in [0.4, 0.5) is 0 Å². The average molecular weight is 362 g/mol. The Morgan fingerprint density at radius 2 is 0.667 bits per heavy atom. The number of nitrogens with two attached hydrogens (primary N) is 6. The van der Waals surface area contributed by atoms with Gasteiger partial charge >= 0.3 is 55.1 Å². The van der Waals surface area contributed by atoms with Gasteiger partial charge in [0.25, 0.3) is 0 Å². The van der Waals surface area contributed by atoms with E-state index in [-0.39, 0.29) is 0 Å². The third-order valence-electron chi connectivity index (χ3n) is 0. The van der Waals surface area contributed by atoms with Crippen molar-refractivity contribution in [3.63, 3.8) is 0 Å². The molecule has 0 aliphatic rings. The van der Waals surface area contributed by atoms with Gasteiger partial charge in [0, 0.05) is 0 Å². The van der Waals surface area contributed by atoms with Crippen molar-refractivity contribution >= 4 is 18.8 Å². The molecule has 9 heteroatoms. The molecule has 66 valence electrons. The summed E-state index contributed by atoms with van der Waals surface area (Å²) in [6.07, 6.45) is 0. The first kappa shape index (κ1) is 10.0. The van der Waals surface area contributed by atoms with Crippen LogP contribution in [0, 0.1) is 0 Å². The second kappa shape index (κ2) is 0.691. The van der Waals surface area contributed by atoms with E-state index in [0.29, 0.717) is 0 Å². The first-order chi connectivity index (χ1) is 2.83. The molecule has 0 rings (SSSR count). The van der Waals surface area contributed by atoms with Gasteiger partial charge in [-0.05, 0) is 0 Å². The van der Waals surface area contributed by atoms with Crippen molar-refractivity contribution < 1.29 is 10.5 Å². The van der Waals surface area contributed by atoms with Gasteiger partial charge in [0.05, 0.1) is 0 Å². The van der Waals surface area contributed by atoms with E-state index >= 15 is 0 Å². The third-order valence-corrected chi connectivity index (χ3v) is 0. The molecular weight excluding hydrogens is 350 g/mol. The Morgan fingerprint density at radius 1 is 0.667 bits per heavy atom. The monoisotopic (exact) mass is 361 g/mol. The van der Waals surface area contributed by atoms with Crippen LogP contribution < -0.4 is 25.8 Å². The maximum absolute atomic E-state index is 7.26. The van der Waals surface area contributed by atoms with E-state index in [9.17, 15) is 0 Å². The van der Waals surface area contributed by atoms with Crippen molar-refractivity contribution in [2.24, 2.45) is 25.8 Å². The molecule has 0 amide bonds. The van der Waals surface area contributed by atoms with Gasteiger partial charge < -0.3 is 0 Å². The van der Waals surface area contributed by atoms with Crippen molar-refractivity contribution in [3.05, 3.63) is 0 Å². The van der Waals surface area contributed by atoms with Crippen LogP contribution in [-0.4, -0.2) is 0 Å². The van der Waals surface area contributed by atoms with E-state index < -0.39 is 10.5 Å². The Morgan fingerprint density at radius 3 is 0.667 bits per heavy atom. The molecule has 0 aromatic rings. The van der Waals surface area contributed by atoms with Crippen LogP contribution in [0.15, 0.2) is 0 Å². The van der Waals surface area contributed by atoms with Crippen LogP contribution in [0.25, 0.3) is 0 Å². The quantitative estimate of drug-likeness (QED) is 0.288. The van der Waals surface area contributed by atoms with E-state index in [0.717, 1.165) is 0 Å². The van der Waals surface area contributed by atoms with Gasteiger partial charge in [0.1, 0.15) is 0 Å². The summed E-state index contributed by atoms with van der Waals surface area (Å²) in [5.41, 5.74) is 0. The molecule has 0 aromatic carbocycles. The number of halogens is 2. The summed E-state index contributed by atoms with van der Waals surface area (Å²) in [5.74, 6) is 0. The third kappa shape index (κ3) is 422. The summed E-state index contributed by atoms with van der Waals surface area (Å²) in [5, 5.41) is 0. The van der Waals surface area contributed by atoms with E-state index in [1.807, 2.05) is 0 Å². The molecule has 0 aliphatic heterocycles. The predicted octanol–water partition coefficient (Wildman–Crippen LogP) is -2.17. The fraction of sp³-hybridized carbons (Fsp3) is 0. The van der Waals surface area contributed by atoms with Crippen LogP contribution in [0.2, 0.25) is 0 Å². The molecule has 0 spiro atoms. The van der Waals surface area contributed by atoms with Crippen LogP contribution in [-0.2, 0) is 10.5 Å². The predicted molar refractivity (Wildman–Crippen MR) is 36.8 cm³/mol. The zero-order valence-corrected chi connectivity index (χ0v) is 8.32. The Labute approximate surface area is 55.2 Å². The van der Waals surface area contributed by atoms with Gasteiger partial charge in [-0.1, -0.05) is 0 Å². The number of hydrogen-bond acceptors (Lipinski definition) is 6. The Kier molecular flexibility index (Phi) is 0.769. The molecule has 0 radical (unpaired) electrons. The van der Waals surface area contributed by atoms with Gasteiger partial charge in [-0.15, -0.1) is 0 Å². The summed E-state index contributed by atoms with van der Waals surface area (Å²) in [7, 11) is 3.03. The Balaban J connectivity index is 5.84. The van der Waals surface area contributed by atoms with Crippen molar-refractivity contribution in [2.45, 2.75) is 0 Å². The molecule has 0 saturated heterocycles. The fourth-order valence-corrected chi connectivity index (χ4v) is 0. The van der Waals surface area contributed by atoms with Crippen molar-refractivity contribution in [1.82, 2.24) is 0 Å². The molecule has 6 nitrogen and oxygen atoms in total. The standard InChI is InChI=1S/2ClH.6H2N.Pt/h2*1H;6*1H2;/q;;6*-1;+8/p-2. The number of rotatable bonds is 0.